The molecule has 4 N–H and O–H groups in total. The molecule has 9 nitrogen and oxygen atoms in total. The number of pyridine rings is 1. The van der Waals surface area contributed by atoms with E-state index in [4.69, 9.17) is 15.3 Å². The number of hydroxylamine groups is 1. The summed E-state index contributed by atoms with van der Waals surface area (Å²) < 4.78 is 5.65. The van der Waals surface area contributed by atoms with Crippen molar-refractivity contribution in [3.8, 4) is 0 Å². The number of rotatable bonds is 6. The van der Waals surface area contributed by atoms with Gasteiger partial charge in [-0.05, 0) is 53.4 Å². The zero-order chi connectivity index (χ0) is 23.8. The molecule has 2 bridgehead atoms. The second-order valence-corrected chi connectivity index (χ2v) is 10.3. The van der Waals surface area contributed by atoms with E-state index in [-0.39, 0.29) is 30.3 Å². The second kappa shape index (κ2) is 9.30. The number of hydrogen-bond acceptors (Lipinski definition) is 8. The molecule has 4 rings (SSSR count). The summed E-state index contributed by atoms with van der Waals surface area (Å²) in [6.07, 6.45) is 9.66. The van der Waals surface area contributed by atoms with Crippen LogP contribution in [0.2, 0.25) is 0 Å². The number of carbonyl (C=O) groups excluding carboxylic acids is 2. The number of piperidine rings is 1. The van der Waals surface area contributed by atoms with Crippen molar-refractivity contribution in [1.82, 2.24) is 15.4 Å². The van der Waals surface area contributed by atoms with Crippen LogP contribution >= 0.6 is 0 Å². The number of fused-ring (bicyclic) bond motifs is 3. The van der Waals surface area contributed by atoms with Gasteiger partial charge in [-0.15, -0.1) is 0 Å². The molecule has 0 saturated carbocycles. The summed E-state index contributed by atoms with van der Waals surface area (Å²) in [6.45, 7) is 7.86. The van der Waals surface area contributed by atoms with Gasteiger partial charge in [0.2, 0.25) is 0 Å². The van der Waals surface area contributed by atoms with Gasteiger partial charge in [-0.1, -0.05) is 12.2 Å². The Hall–Kier alpha value is -2.65. The van der Waals surface area contributed by atoms with Crippen LogP contribution in [0.3, 0.4) is 0 Å². The van der Waals surface area contributed by atoms with E-state index in [0.29, 0.717) is 12.1 Å². The van der Waals surface area contributed by atoms with Crippen LogP contribution in [-0.2, 0) is 16.0 Å². The summed E-state index contributed by atoms with van der Waals surface area (Å²) in [5, 5.41) is 3.62. The number of ether oxygens (including phenoxy) is 1. The molecule has 2 saturated heterocycles. The molecule has 33 heavy (non-hydrogen) atoms. The van der Waals surface area contributed by atoms with Crippen molar-refractivity contribution in [3.63, 3.8) is 0 Å². The molecular weight excluding hydrogens is 422 g/mol. The van der Waals surface area contributed by atoms with E-state index in [1.807, 2.05) is 44.7 Å². The minimum absolute atomic E-state index is 0.129. The molecule has 0 aromatic carbocycles. The highest BCUT2D eigenvalue weighted by Gasteiger charge is 2.45. The van der Waals surface area contributed by atoms with Crippen molar-refractivity contribution < 1.29 is 19.2 Å². The Morgan fingerprint density at radius 3 is 2.61 bits per heavy atom. The third-order valence-electron chi connectivity index (χ3n) is 6.27. The predicted molar refractivity (Wildman–Crippen MR) is 126 cm³/mol. The van der Waals surface area contributed by atoms with E-state index >= 15 is 0 Å². The Kier molecular flexibility index (Phi) is 6.63. The molecule has 180 valence electrons. The van der Waals surface area contributed by atoms with Crippen molar-refractivity contribution in [3.05, 3.63) is 29.1 Å². The summed E-state index contributed by atoms with van der Waals surface area (Å²) in [6, 6.07) is 0.252. The van der Waals surface area contributed by atoms with Gasteiger partial charge >= 0.3 is 12.1 Å². The first-order valence-electron chi connectivity index (χ1n) is 11.8. The third kappa shape index (κ3) is 5.30. The van der Waals surface area contributed by atoms with Crippen LogP contribution in [0.15, 0.2) is 12.3 Å². The lowest BCUT2D eigenvalue weighted by Crippen LogP contribution is -2.51. The Bertz CT molecular complexity index is 926. The highest BCUT2D eigenvalue weighted by molar-refractivity contribution is 5.98. The molecule has 1 aliphatic carbocycles. The summed E-state index contributed by atoms with van der Waals surface area (Å²) in [5.41, 5.74) is 10.8. The molecule has 1 aromatic rings. The smallest absolute Gasteiger partial charge is 0.410 e. The van der Waals surface area contributed by atoms with Crippen LogP contribution in [0.25, 0.3) is 6.08 Å². The minimum atomic E-state index is -0.513. The molecule has 9 heteroatoms. The van der Waals surface area contributed by atoms with Gasteiger partial charge in [-0.3, -0.25) is 4.98 Å². The van der Waals surface area contributed by atoms with Gasteiger partial charge in [0.15, 0.2) is 0 Å². The number of allylic oxidation sites excluding steroid dienone is 1. The second-order valence-electron chi connectivity index (χ2n) is 10.3. The number of hydrogen-bond donors (Lipinski definition) is 3. The average Bonchev–Trinajstić information content (AvgIpc) is 3.29. The van der Waals surface area contributed by atoms with E-state index < -0.39 is 11.6 Å². The van der Waals surface area contributed by atoms with Gasteiger partial charge in [0.05, 0.1) is 11.4 Å². The van der Waals surface area contributed by atoms with E-state index in [1.165, 1.54) is 0 Å². The minimum Gasteiger partial charge on any atom is -0.444 e. The highest BCUT2D eigenvalue weighted by atomic mass is 16.7. The Morgan fingerprint density at radius 1 is 1.27 bits per heavy atom. The molecule has 0 spiro atoms. The maximum Gasteiger partial charge on any atom is 0.410 e. The monoisotopic (exact) mass is 457 g/mol. The van der Waals surface area contributed by atoms with Crippen molar-refractivity contribution in [2.45, 2.75) is 89.6 Å². The van der Waals surface area contributed by atoms with Crippen molar-refractivity contribution >= 4 is 23.8 Å². The number of anilines is 1. The van der Waals surface area contributed by atoms with Crippen LogP contribution in [0.1, 0.15) is 75.0 Å². The normalized spacial score (nSPS) is 24.4. The topological polar surface area (TPSA) is 119 Å². The lowest BCUT2D eigenvalue weighted by molar-refractivity contribution is 0.00682. The van der Waals surface area contributed by atoms with E-state index in [1.54, 1.807) is 6.20 Å². The lowest BCUT2D eigenvalue weighted by Gasteiger charge is -2.40. The van der Waals surface area contributed by atoms with Gasteiger partial charge in [-0.25, -0.2) is 9.59 Å². The fourth-order valence-electron chi connectivity index (χ4n) is 4.91. The number of amides is 1. The maximum atomic E-state index is 12.8. The summed E-state index contributed by atoms with van der Waals surface area (Å²) >= 11 is 0. The zero-order valence-corrected chi connectivity index (χ0v) is 19.9. The van der Waals surface area contributed by atoms with Crippen LogP contribution in [0.4, 0.5) is 10.5 Å². The standard InChI is InChI=1S/C24H35N5O4/c1-14(25)12-27-33-22(30)19-13-26-20-7-5-6-18(20)21(19)28-15-10-16-8-9-17(11-15)29(16)23(31)32-24(2,3)4/h5-6,13-17,27H,7-12,25H2,1-4H3,(H,26,28)/t14?,15?,16-,17+. The molecule has 3 heterocycles. The number of nitrogens with one attached hydrogen (secondary N) is 2. The fourth-order valence-corrected chi connectivity index (χ4v) is 4.91. The SMILES string of the molecule is CC(N)CNOC(=O)c1cnc2c(c1NC1C[C@H]3CC[C@@H](C1)N3C(=O)OC(C)(C)C)C=CC2. The Balaban J connectivity index is 1.49. The summed E-state index contributed by atoms with van der Waals surface area (Å²) in [5.74, 6) is -0.497. The molecule has 1 amide bonds. The fraction of sp³-hybridized carbons (Fsp3) is 0.625. The first kappa shape index (κ1) is 23.5. The largest absolute Gasteiger partial charge is 0.444 e. The highest BCUT2D eigenvalue weighted by Crippen LogP contribution is 2.39. The van der Waals surface area contributed by atoms with Crippen LogP contribution < -0.4 is 16.5 Å². The summed E-state index contributed by atoms with van der Waals surface area (Å²) in [7, 11) is 0. The Labute approximate surface area is 195 Å². The molecule has 2 fully saturated rings. The maximum absolute atomic E-state index is 12.8. The molecule has 0 radical (unpaired) electrons. The first-order valence-corrected chi connectivity index (χ1v) is 11.8. The zero-order valence-electron chi connectivity index (χ0n) is 19.9. The van der Waals surface area contributed by atoms with Crippen LogP contribution in [-0.4, -0.2) is 58.3 Å². The number of nitrogens with zero attached hydrogens (tertiary/aromatic N) is 2. The number of nitrogens with two attached hydrogens (primary N) is 1. The third-order valence-corrected chi connectivity index (χ3v) is 6.27. The van der Waals surface area contributed by atoms with Gasteiger partial charge in [-0.2, -0.15) is 5.48 Å². The van der Waals surface area contributed by atoms with Gasteiger partial charge < -0.3 is 25.5 Å². The van der Waals surface area contributed by atoms with Crippen molar-refractivity contribution in [1.29, 1.82) is 0 Å². The molecule has 2 unspecified atom stereocenters. The quantitative estimate of drug-likeness (QED) is 0.558. The first-order chi connectivity index (χ1) is 15.6. The van der Waals surface area contributed by atoms with E-state index in [0.717, 1.165) is 49.0 Å². The molecule has 3 aliphatic rings. The summed E-state index contributed by atoms with van der Waals surface area (Å²) in [4.78, 5) is 37.2. The lowest BCUT2D eigenvalue weighted by atomic mass is 9.96. The van der Waals surface area contributed by atoms with Crippen molar-refractivity contribution in [2.75, 3.05) is 11.9 Å². The van der Waals surface area contributed by atoms with Crippen LogP contribution in [0.5, 0.6) is 0 Å². The predicted octanol–water partition coefficient (Wildman–Crippen LogP) is 3.00. The van der Waals surface area contributed by atoms with Crippen LogP contribution in [0, 0.1) is 0 Å². The molecule has 4 atom stereocenters. The van der Waals surface area contributed by atoms with Crippen molar-refractivity contribution in [2.24, 2.45) is 5.73 Å². The molecule has 2 aliphatic heterocycles. The Morgan fingerprint density at radius 2 is 1.97 bits per heavy atom. The average molecular weight is 458 g/mol. The van der Waals surface area contributed by atoms with E-state index in [2.05, 4.69) is 15.8 Å². The van der Waals surface area contributed by atoms with Gasteiger partial charge in [0.1, 0.15) is 11.2 Å². The van der Waals surface area contributed by atoms with Gasteiger partial charge in [0, 0.05) is 48.9 Å². The molecular formula is C24H35N5O4. The number of carbonyl (C=O) groups is 2. The van der Waals surface area contributed by atoms with Gasteiger partial charge in [0.25, 0.3) is 0 Å². The number of aromatic nitrogens is 1. The van der Waals surface area contributed by atoms with E-state index in [9.17, 15) is 9.59 Å². The molecule has 1 aromatic heterocycles.